The Bertz CT molecular complexity index is 587. The Morgan fingerprint density at radius 2 is 2.32 bits per heavy atom. The number of rotatable bonds is 3. The predicted molar refractivity (Wildman–Crippen MR) is 72.2 cm³/mol. The number of aliphatic hydroxyl groups excluding tert-OH is 1. The minimum absolute atomic E-state index is 0.167. The highest BCUT2D eigenvalue weighted by Gasteiger charge is 2.24. The second kappa shape index (κ2) is 5.23. The van der Waals surface area contributed by atoms with Gasteiger partial charge in [0, 0.05) is 24.2 Å². The van der Waals surface area contributed by atoms with Gasteiger partial charge in [-0.2, -0.15) is 0 Å². The van der Waals surface area contributed by atoms with Crippen molar-refractivity contribution in [3.05, 3.63) is 41.8 Å². The third kappa shape index (κ3) is 2.46. The Morgan fingerprint density at radius 1 is 1.42 bits per heavy atom. The van der Waals surface area contributed by atoms with Crippen LogP contribution in [0.3, 0.4) is 0 Å². The van der Waals surface area contributed by atoms with Crippen LogP contribution in [0.15, 0.2) is 30.5 Å². The summed E-state index contributed by atoms with van der Waals surface area (Å²) in [5, 5.41) is 10.2. The first-order chi connectivity index (χ1) is 9.28. The fraction of sp³-hybridized carbons (Fsp3) is 0.400. The van der Waals surface area contributed by atoms with E-state index in [1.54, 1.807) is 12.3 Å². The van der Waals surface area contributed by atoms with Crippen molar-refractivity contribution in [1.82, 2.24) is 9.88 Å². The van der Waals surface area contributed by atoms with E-state index in [9.17, 15) is 9.50 Å². The minimum atomic E-state index is -0.227. The highest BCUT2D eigenvalue weighted by Crippen LogP contribution is 2.24. The molecule has 4 heteroatoms. The molecule has 1 fully saturated rings. The number of aromatic nitrogens is 1. The minimum Gasteiger partial charge on any atom is -0.395 e. The van der Waals surface area contributed by atoms with Crippen molar-refractivity contribution in [1.29, 1.82) is 0 Å². The first-order valence-corrected chi connectivity index (χ1v) is 6.66. The Hall–Kier alpha value is -1.52. The van der Waals surface area contributed by atoms with E-state index in [0.29, 0.717) is 6.54 Å². The highest BCUT2D eigenvalue weighted by molar-refractivity contribution is 5.81. The average molecular weight is 260 g/mol. The van der Waals surface area contributed by atoms with Crippen molar-refractivity contribution in [2.24, 2.45) is 0 Å². The lowest BCUT2D eigenvalue weighted by Crippen LogP contribution is -2.31. The summed E-state index contributed by atoms with van der Waals surface area (Å²) in [7, 11) is 0. The van der Waals surface area contributed by atoms with E-state index >= 15 is 0 Å². The number of fused-ring (bicyclic) bond motifs is 1. The molecule has 0 amide bonds. The third-order valence-electron chi connectivity index (χ3n) is 3.83. The summed E-state index contributed by atoms with van der Waals surface area (Å²) in [6.45, 7) is 1.77. The Kier molecular flexibility index (Phi) is 3.44. The monoisotopic (exact) mass is 260 g/mol. The summed E-state index contributed by atoms with van der Waals surface area (Å²) in [5.41, 5.74) is 1.75. The largest absolute Gasteiger partial charge is 0.395 e. The number of pyridine rings is 1. The maximum absolute atomic E-state index is 13.7. The summed E-state index contributed by atoms with van der Waals surface area (Å²) >= 11 is 0. The molecule has 0 saturated carbocycles. The van der Waals surface area contributed by atoms with Crippen LogP contribution in [0.4, 0.5) is 4.39 Å². The molecule has 0 unspecified atom stereocenters. The van der Waals surface area contributed by atoms with Crippen molar-refractivity contribution in [2.45, 2.75) is 25.4 Å². The number of nitrogens with zero attached hydrogens (tertiary/aromatic N) is 2. The van der Waals surface area contributed by atoms with Gasteiger partial charge in [-0.3, -0.25) is 9.88 Å². The first-order valence-electron chi connectivity index (χ1n) is 6.66. The SMILES string of the molecule is OC[C@H]1CCCN1Cc1cc(F)cc2cccnc12. The fourth-order valence-electron chi connectivity index (χ4n) is 2.88. The summed E-state index contributed by atoms with van der Waals surface area (Å²) in [4.78, 5) is 6.57. The van der Waals surface area contributed by atoms with Crippen molar-refractivity contribution in [3.8, 4) is 0 Å². The van der Waals surface area contributed by atoms with Crippen LogP contribution in [0, 0.1) is 5.82 Å². The van der Waals surface area contributed by atoms with Crippen molar-refractivity contribution < 1.29 is 9.50 Å². The van der Waals surface area contributed by atoms with Crippen LogP contribution in [0.2, 0.25) is 0 Å². The highest BCUT2D eigenvalue weighted by atomic mass is 19.1. The van der Waals surface area contributed by atoms with Crippen LogP contribution in [0.1, 0.15) is 18.4 Å². The smallest absolute Gasteiger partial charge is 0.124 e. The molecular weight excluding hydrogens is 243 g/mol. The zero-order valence-electron chi connectivity index (χ0n) is 10.7. The molecule has 3 nitrogen and oxygen atoms in total. The van der Waals surface area contributed by atoms with Crippen LogP contribution in [-0.2, 0) is 6.54 Å². The van der Waals surface area contributed by atoms with Gasteiger partial charge >= 0.3 is 0 Å². The lowest BCUT2D eigenvalue weighted by atomic mass is 10.1. The predicted octanol–water partition coefficient (Wildman–Crippen LogP) is 2.33. The lowest BCUT2D eigenvalue weighted by Gasteiger charge is -2.23. The molecule has 2 aromatic rings. The van der Waals surface area contributed by atoms with Gasteiger partial charge in [0.2, 0.25) is 0 Å². The number of halogens is 1. The lowest BCUT2D eigenvalue weighted by molar-refractivity contribution is 0.154. The molecule has 0 aliphatic carbocycles. The molecule has 1 saturated heterocycles. The molecule has 100 valence electrons. The topological polar surface area (TPSA) is 36.4 Å². The molecule has 1 aliphatic heterocycles. The molecule has 0 spiro atoms. The maximum Gasteiger partial charge on any atom is 0.124 e. The molecule has 0 radical (unpaired) electrons. The van der Waals surface area contributed by atoms with Crippen LogP contribution < -0.4 is 0 Å². The molecular formula is C15H17FN2O. The fourth-order valence-corrected chi connectivity index (χ4v) is 2.88. The van der Waals surface area contributed by atoms with Gasteiger partial charge in [0.1, 0.15) is 5.82 Å². The van der Waals surface area contributed by atoms with Crippen molar-refractivity contribution >= 4 is 10.9 Å². The van der Waals surface area contributed by atoms with Crippen LogP contribution >= 0.6 is 0 Å². The van der Waals surface area contributed by atoms with Gasteiger partial charge in [-0.05, 0) is 43.1 Å². The zero-order valence-corrected chi connectivity index (χ0v) is 10.7. The standard InChI is InChI=1S/C15H17FN2O/c16-13-7-11-3-1-5-17-15(11)12(8-13)9-18-6-2-4-14(18)10-19/h1,3,5,7-8,14,19H,2,4,6,9-10H2/t14-/m1/s1. The van der Waals surface area contributed by atoms with Crippen LogP contribution in [0.25, 0.3) is 10.9 Å². The molecule has 1 aromatic carbocycles. The van der Waals surface area contributed by atoms with E-state index in [2.05, 4.69) is 9.88 Å². The van der Waals surface area contributed by atoms with E-state index in [-0.39, 0.29) is 18.5 Å². The molecule has 1 atom stereocenters. The summed E-state index contributed by atoms with van der Waals surface area (Å²) in [5.74, 6) is -0.227. The van der Waals surface area contributed by atoms with E-state index in [1.165, 1.54) is 6.07 Å². The average Bonchev–Trinajstić information content (AvgIpc) is 2.86. The van der Waals surface area contributed by atoms with Gasteiger partial charge in [-0.15, -0.1) is 0 Å². The van der Waals surface area contributed by atoms with E-state index in [1.807, 2.05) is 12.1 Å². The normalized spacial score (nSPS) is 20.2. The molecule has 1 aromatic heterocycles. The molecule has 0 bridgehead atoms. The van der Waals surface area contributed by atoms with Gasteiger partial charge in [0.25, 0.3) is 0 Å². The molecule has 19 heavy (non-hydrogen) atoms. The Balaban J connectivity index is 1.96. The number of hydrogen-bond acceptors (Lipinski definition) is 3. The summed E-state index contributed by atoms with van der Waals surface area (Å²) < 4.78 is 13.7. The van der Waals surface area contributed by atoms with Crippen LogP contribution in [0.5, 0.6) is 0 Å². The van der Waals surface area contributed by atoms with Crippen molar-refractivity contribution in [2.75, 3.05) is 13.2 Å². The number of likely N-dealkylation sites (tertiary alicyclic amines) is 1. The summed E-state index contributed by atoms with van der Waals surface area (Å²) in [6.07, 6.45) is 3.83. The molecule has 1 N–H and O–H groups in total. The quantitative estimate of drug-likeness (QED) is 0.920. The van der Waals surface area contributed by atoms with Gasteiger partial charge < -0.3 is 5.11 Å². The van der Waals surface area contributed by atoms with Gasteiger partial charge in [0.15, 0.2) is 0 Å². The van der Waals surface area contributed by atoms with Crippen LogP contribution in [-0.4, -0.2) is 34.2 Å². The zero-order chi connectivity index (χ0) is 13.2. The molecule has 2 heterocycles. The Morgan fingerprint density at radius 3 is 3.16 bits per heavy atom. The van der Waals surface area contributed by atoms with Gasteiger partial charge in [-0.1, -0.05) is 6.07 Å². The van der Waals surface area contributed by atoms with E-state index in [4.69, 9.17) is 0 Å². The Labute approximate surface area is 111 Å². The molecule has 3 rings (SSSR count). The van der Waals surface area contributed by atoms with Crippen molar-refractivity contribution in [3.63, 3.8) is 0 Å². The number of aliphatic hydroxyl groups is 1. The van der Waals surface area contributed by atoms with E-state index < -0.39 is 0 Å². The van der Waals surface area contributed by atoms with Gasteiger partial charge in [-0.25, -0.2) is 4.39 Å². The van der Waals surface area contributed by atoms with Gasteiger partial charge in [0.05, 0.1) is 12.1 Å². The number of hydrogen-bond donors (Lipinski definition) is 1. The number of benzene rings is 1. The first kappa shape index (κ1) is 12.5. The second-order valence-electron chi connectivity index (χ2n) is 5.09. The maximum atomic E-state index is 13.7. The second-order valence-corrected chi connectivity index (χ2v) is 5.09. The third-order valence-corrected chi connectivity index (χ3v) is 3.83. The van der Waals surface area contributed by atoms with E-state index in [0.717, 1.165) is 35.9 Å². The summed E-state index contributed by atoms with van der Waals surface area (Å²) in [6, 6.07) is 6.96. The molecule has 1 aliphatic rings.